The van der Waals surface area contributed by atoms with E-state index in [2.05, 4.69) is 30.5 Å². The summed E-state index contributed by atoms with van der Waals surface area (Å²) in [6.45, 7) is 13.1. The van der Waals surface area contributed by atoms with Crippen molar-refractivity contribution in [3.8, 4) is 0 Å². The second-order valence-electron chi connectivity index (χ2n) is 5.65. The van der Waals surface area contributed by atoms with Gasteiger partial charge >= 0.3 is 0 Å². The van der Waals surface area contributed by atoms with Gasteiger partial charge in [-0.05, 0) is 25.8 Å². The fourth-order valence-corrected chi connectivity index (χ4v) is 2.59. The van der Waals surface area contributed by atoms with Crippen LogP contribution < -0.4 is 5.32 Å². The third-order valence-corrected chi connectivity index (χ3v) is 4.03. The Morgan fingerprint density at radius 2 is 2.00 bits per heavy atom. The Morgan fingerprint density at radius 3 is 2.24 bits per heavy atom. The number of nitrogens with zero attached hydrogens (tertiary/aromatic N) is 2. The number of nitrogens with one attached hydrogen (secondary N) is 1. The lowest BCUT2D eigenvalue weighted by molar-refractivity contribution is 0.0667. The topological polar surface area (TPSA) is 67.2 Å². The van der Waals surface area contributed by atoms with Crippen molar-refractivity contribution in [1.82, 2.24) is 15.1 Å². The van der Waals surface area contributed by atoms with Crippen molar-refractivity contribution in [3.05, 3.63) is 53.8 Å². The van der Waals surface area contributed by atoms with E-state index < -0.39 is 11.5 Å². The van der Waals surface area contributed by atoms with Crippen molar-refractivity contribution in [2.24, 2.45) is 7.05 Å². The molecule has 0 amide bonds. The van der Waals surface area contributed by atoms with Gasteiger partial charge in [0.1, 0.15) is 0 Å². The number of rotatable bonds is 8. The van der Waals surface area contributed by atoms with Crippen LogP contribution in [0.4, 0.5) is 4.39 Å². The largest absolute Gasteiger partial charge is 0.388 e. The maximum Gasteiger partial charge on any atom is 0.222 e. The summed E-state index contributed by atoms with van der Waals surface area (Å²) in [5.41, 5.74) is 1.37. The smallest absolute Gasteiger partial charge is 0.222 e. The predicted molar refractivity (Wildman–Crippen MR) is 99.9 cm³/mol. The van der Waals surface area contributed by atoms with Crippen molar-refractivity contribution in [2.45, 2.75) is 45.6 Å². The number of carbonyl (C=O) groups excluding carboxylic acids is 1. The minimum atomic E-state index is -0.789. The molecular formula is C19H30FN3O2. The van der Waals surface area contributed by atoms with E-state index in [1.807, 2.05) is 14.0 Å². The number of hydrogen-bond donors (Lipinski definition) is 2. The Labute approximate surface area is 149 Å². The zero-order chi connectivity index (χ0) is 19.6. The number of halogens is 1. The third kappa shape index (κ3) is 5.67. The van der Waals surface area contributed by atoms with Gasteiger partial charge in [-0.1, -0.05) is 39.5 Å². The summed E-state index contributed by atoms with van der Waals surface area (Å²) in [5.74, 6) is -0.576. The highest BCUT2D eigenvalue weighted by Gasteiger charge is 2.28. The number of carbonyl (C=O) groups is 1. The van der Waals surface area contributed by atoms with Crippen LogP contribution in [0.3, 0.4) is 0 Å². The lowest BCUT2D eigenvalue weighted by Gasteiger charge is -2.29. The summed E-state index contributed by atoms with van der Waals surface area (Å²) in [6, 6.07) is 0. The number of aliphatic hydroxyl groups is 1. The molecular weight excluding hydrogens is 321 g/mol. The number of aryl methyl sites for hydroxylation is 2. The molecule has 0 fully saturated rings. The number of likely N-dealkylation sites (N-methyl/N-ethyl adjacent to an activating group) is 1. The first-order chi connectivity index (χ1) is 11.8. The van der Waals surface area contributed by atoms with Gasteiger partial charge in [0.15, 0.2) is 6.29 Å². The monoisotopic (exact) mass is 351 g/mol. The summed E-state index contributed by atoms with van der Waals surface area (Å²) in [6.07, 6.45) is 6.26. The van der Waals surface area contributed by atoms with Gasteiger partial charge in [0.25, 0.3) is 0 Å². The van der Waals surface area contributed by atoms with E-state index in [1.54, 1.807) is 19.1 Å². The Hall–Kier alpha value is -2.21. The van der Waals surface area contributed by atoms with Gasteiger partial charge in [-0.15, -0.1) is 0 Å². The van der Waals surface area contributed by atoms with E-state index in [-0.39, 0.29) is 5.56 Å². The fourth-order valence-electron chi connectivity index (χ4n) is 2.59. The SMILES string of the molecule is C=C/C(NC)=C(\C=C)C(O)(CC)CCC.Cc1nn(C)c(F)c1C=O. The first-order valence-electron chi connectivity index (χ1n) is 8.30. The van der Waals surface area contributed by atoms with Gasteiger partial charge in [0.05, 0.1) is 16.9 Å². The Bertz CT molecular complexity index is 635. The molecule has 0 aliphatic heterocycles. The van der Waals surface area contributed by atoms with Crippen LogP contribution in [-0.4, -0.2) is 33.8 Å². The highest BCUT2D eigenvalue weighted by molar-refractivity contribution is 5.76. The second kappa shape index (κ2) is 10.6. The standard InChI is InChI=1S/C13H23NO.C6H7FN2O/c1-6-10-13(15,9-4)11(7-2)12(8-3)14-5;1-4-5(3-10)6(7)9(2)8-4/h7-8,14-15H,2-3,6,9-10H2,1,4-5H3;3H,1-2H3/b12-11-;. The molecule has 140 valence electrons. The van der Waals surface area contributed by atoms with Crippen molar-refractivity contribution >= 4 is 6.29 Å². The van der Waals surface area contributed by atoms with Crippen LogP contribution >= 0.6 is 0 Å². The maximum atomic E-state index is 12.7. The summed E-state index contributed by atoms with van der Waals surface area (Å²) in [4.78, 5) is 10.2. The van der Waals surface area contributed by atoms with Gasteiger partial charge in [-0.25, -0.2) is 4.68 Å². The van der Waals surface area contributed by atoms with Gasteiger partial charge in [-0.2, -0.15) is 9.49 Å². The van der Waals surface area contributed by atoms with Gasteiger partial charge < -0.3 is 10.4 Å². The minimum absolute atomic E-state index is 0.0440. The number of hydrogen-bond acceptors (Lipinski definition) is 4. The second-order valence-corrected chi connectivity index (χ2v) is 5.65. The van der Waals surface area contributed by atoms with Crippen LogP contribution in [0.25, 0.3) is 0 Å². The average molecular weight is 351 g/mol. The molecule has 5 nitrogen and oxygen atoms in total. The average Bonchev–Trinajstić information content (AvgIpc) is 2.84. The summed E-state index contributed by atoms with van der Waals surface area (Å²) in [7, 11) is 3.28. The molecule has 2 N–H and O–H groups in total. The number of aromatic nitrogens is 2. The molecule has 0 aliphatic rings. The molecule has 0 bridgehead atoms. The van der Waals surface area contributed by atoms with Gasteiger partial charge in [-0.3, -0.25) is 4.79 Å². The number of aldehydes is 1. The molecule has 1 atom stereocenters. The van der Waals surface area contributed by atoms with Crippen LogP contribution in [0.15, 0.2) is 36.6 Å². The molecule has 0 aromatic carbocycles. The van der Waals surface area contributed by atoms with E-state index in [0.29, 0.717) is 18.4 Å². The lowest BCUT2D eigenvalue weighted by Crippen LogP contribution is -2.32. The zero-order valence-corrected chi connectivity index (χ0v) is 15.9. The maximum absolute atomic E-state index is 12.7. The van der Waals surface area contributed by atoms with E-state index in [9.17, 15) is 14.3 Å². The molecule has 6 heteroatoms. The quantitative estimate of drug-likeness (QED) is 0.556. The highest BCUT2D eigenvalue weighted by atomic mass is 19.1. The molecule has 0 saturated carbocycles. The van der Waals surface area contributed by atoms with E-state index in [1.165, 1.54) is 7.05 Å². The third-order valence-electron chi connectivity index (χ3n) is 4.03. The van der Waals surface area contributed by atoms with Crippen LogP contribution in [0.2, 0.25) is 0 Å². The molecule has 1 unspecified atom stereocenters. The minimum Gasteiger partial charge on any atom is -0.388 e. The Kier molecular flexibility index (Phi) is 9.67. The summed E-state index contributed by atoms with van der Waals surface area (Å²) in [5, 5.41) is 17.2. The molecule has 25 heavy (non-hydrogen) atoms. The highest BCUT2D eigenvalue weighted by Crippen LogP contribution is 2.29. The van der Waals surface area contributed by atoms with Crippen molar-refractivity contribution in [1.29, 1.82) is 0 Å². The van der Waals surface area contributed by atoms with Crippen LogP contribution in [0, 0.1) is 12.9 Å². The Balaban J connectivity index is 0.000000496. The van der Waals surface area contributed by atoms with Crippen molar-refractivity contribution < 1.29 is 14.3 Å². The first-order valence-corrected chi connectivity index (χ1v) is 8.30. The van der Waals surface area contributed by atoms with Crippen LogP contribution in [-0.2, 0) is 7.05 Å². The van der Waals surface area contributed by atoms with Crippen LogP contribution in [0.1, 0.15) is 49.2 Å². The summed E-state index contributed by atoms with van der Waals surface area (Å²) >= 11 is 0. The predicted octanol–water partition coefficient (Wildman–Crippen LogP) is 3.45. The fraction of sp³-hybridized carbons (Fsp3) is 0.474. The molecule has 1 rings (SSSR count). The first kappa shape index (κ1) is 22.8. The molecule has 0 saturated heterocycles. The molecule has 0 aliphatic carbocycles. The molecule has 0 radical (unpaired) electrons. The molecule has 1 aromatic rings. The van der Waals surface area contributed by atoms with Crippen LogP contribution in [0.5, 0.6) is 0 Å². The molecule has 1 heterocycles. The zero-order valence-electron chi connectivity index (χ0n) is 15.9. The normalized spacial score (nSPS) is 13.7. The summed E-state index contributed by atoms with van der Waals surface area (Å²) < 4.78 is 13.7. The Morgan fingerprint density at radius 1 is 1.40 bits per heavy atom. The van der Waals surface area contributed by atoms with Gasteiger partial charge in [0, 0.05) is 25.4 Å². The lowest BCUT2D eigenvalue weighted by atomic mass is 9.85. The van der Waals surface area contributed by atoms with Crippen molar-refractivity contribution in [2.75, 3.05) is 7.05 Å². The molecule has 0 spiro atoms. The number of allylic oxidation sites excluding steroid dienone is 1. The van der Waals surface area contributed by atoms with E-state index in [4.69, 9.17) is 0 Å². The van der Waals surface area contributed by atoms with Crippen molar-refractivity contribution in [3.63, 3.8) is 0 Å². The van der Waals surface area contributed by atoms with Gasteiger partial charge in [0.2, 0.25) is 5.95 Å². The van der Waals surface area contributed by atoms with E-state index >= 15 is 0 Å². The molecule has 1 aromatic heterocycles. The van der Waals surface area contributed by atoms with E-state index in [0.717, 1.165) is 28.8 Å².